The lowest BCUT2D eigenvalue weighted by Gasteiger charge is -2.31. The minimum atomic E-state index is -0.215. The summed E-state index contributed by atoms with van der Waals surface area (Å²) >= 11 is 0. The van der Waals surface area contributed by atoms with Crippen LogP contribution in [0.1, 0.15) is 49.8 Å². The first kappa shape index (κ1) is 14.4. The van der Waals surface area contributed by atoms with Crippen LogP contribution in [0.3, 0.4) is 0 Å². The summed E-state index contributed by atoms with van der Waals surface area (Å²) < 4.78 is 5.46. The Morgan fingerprint density at radius 3 is 2.74 bits per heavy atom. The minimum Gasteiger partial charge on any atom is -0.496 e. The van der Waals surface area contributed by atoms with Crippen LogP contribution in [0.4, 0.5) is 0 Å². The Kier molecular flexibility index (Phi) is 4.83. The molecule has 0 aliphatic heterocycles. The summed E-state index contributed by atoms with van der Waals surface area (Å²) in [7, 11) is 1.71. The molecule has 0 spiro atoms. The van der Waals surface area contributed by atoms with E-state index in [9.17, 15) is 5.11 Å². The van der Waals surface area contributed by atoms with Crippen LogP contribution < -0.4 is 10.1 Å². The van der Waals surface area contributed by atoms with Crippen molar-refractivity contribution in [1.82, 2.24) is 5.32 Å². The van der Waals surface area contributed by atoms with E-state index in [4.69, 9.17) is 4.74 Å². The van der Waals surface area contributed by atoms with Gasteiger partial charge in [-0.1, -0.05) is 25.0 Å². The number of aryl methyl sites for hydroxylation is 1. The third-order valence-corrected chi connectivity index (χ3v) is 4.05. The summed E-state index contributed by atoms with van der Waals surface area (Å²) in [6.07, 6.45) is 4.09. The lowest BCUT2D eigenvalue weighted by Crippen LogP contribution is -2.43. The highest BCUT2D eigenvalue weighted by Gasteiger charge is 2.25. The minimum absolute atomic E-state index is 0.188. The van der Waals surface area contributed by atoms with Crippen molar-refractivity contribution in [3.63, 3.8) is 0 Å². The third-order valence-electron chi connectivity index (χ3n) is 4.05. The molecule has 0 radical (unpaired) electrons. The Morgan fingerprint density at radius 2 is 2.05 bits per heavy atom. The van der Waals surface area contributed by atoms with Crippen LogP contribution in [0.15, 0.2) is 18.2 Å². The molecule has 0 saturated heterocycles. The molecule has 2 N–H and O–H groups in total. The van der Waals surface area contributed by atoms with Crippen LogP contribution in [-0.4, -0.2) is 24.4 Å². The van der Waals surface area contributed by atoms with Crippen LogP contribution in [-0.2, 0) is 0 Å². The fraction of sp³-hybridized carbons (Fsp3) is 0.625. The second-order valence-corrected chi connectivity index (χ2v) is 5.59. The Labute approximate surface area is 116 Å². The number of aliphatic hydroxyl groups is 1. The number of nitrogens with one attached hydrogen (secondary N) is 1. The van der Waals surface area contributed by atoms with E-state index in [-0.39, 0.29) is 18.2 Å². The molecule has 0 bridgehead atoms. The van der Waals surface area contributed by atoms with Crippen LogP contribution in [0.5, 0.6) is 5.75 Å². The summed E-state index contributed by atoms with van der Waals surface area (Å²) in [6, 6.07) is 6.67. The molecule has 3 unspecified atom stereocenters. The number of benzene rings is 1. The van der Waals surface area contributed by atoms with E-state index in [0.717, 1.165) is 30.6 Å². The van der Waals surface area contributed by atoms with Gasteiger partial charge in [0, 0.05) is 17.6 Å². The van der Waals surface area contributed by atoms with Crippen molar-refractivity contribution in [3.05, 3.63) is 29.3 Å². The summed E-state index contributed by atoms with van der Waals surface area (Å²) in [5.41, 5.74) is 2.36. The van der Waals surface area contributed by atoms with Gasteiger partial charge < -0.3 is 15.2 Å². The van der Waals surface area contributed by atoms with E-state index < -0.39 is 0 Å². The molecule has 1 aliphatic carbocycles. The Morgan fingerprint density at radius 1 is 1.32 bits per heavy atom. The number of ether oxygens (including phenoxy) is 1. The van der Waals surface area contributed by atoms with Gasteiger partial charge >= 0.3 is 0 Å². The number of rotatable bonds is 4. The molecule has 1 saturated carbocycles. The van der Waals surface area contributed by atoms with E-state index in [0.29, 0.717) is 0 Å². The molecule has 1 aliphatic rings. The van der Waals surface area contributed by atoms with E-state index in [1.54, 1.807) is 7.11 Å². The zero-order valence-corrected chi connectivity index (χ0v) is 12.1. The molecule has 3 heteroatoms. The van der Waals surface area contributed by atoms with Gasteiger partial charge in [0.05, 0.1) is 13.2 Å². The predicted molar refractivity (Wildman–Crippen MR) is 77.5 cm³/mol. The molecule has 19 heavy (non-hydrogen) atoms. The van der Waals surface area contributed by atoms with Gasteiger partial charge in [-0.05, 0) is 38.3 Å². The first-order chi connectivity index (χ1) is 9.11. The van der Waals surface area contributed by atoms with Crippen LogP contribution >= 0.6 is 0 Å². The van der Waals surface area contributed by atoms with Crippen molar-refractivity contribution in [1.29, 1.82) is 0 Å². The van der Waals surface area contributed by atoms with Crippen LogP contribution in [0.25, 0.3) is 0 Å². The lowest BCUT2D eigenvalue weighted by atomic mass is 9.91. The molecule has 3 atom stereocenters. The molecule has 3 nitrogen and oxygen atoms in total. The van der Waals surface area contributed by atoms with Crippen LogP contribution in [0, 0.1) is 6.92 Å². The van der Waals surface area contributed by atoms with E-state index in [1.807, 2.05) is 0 Å². The maximum absolute atomic E-state index is 10.0. The van der Waals surface area contributed by atoms with Crippen molar-refractivity contribution in [2.75, 3.05) is 7.11 Å². The standard InChI is InChI=1S/C16H25NO2/c1-11-8-9-13(16(10-11)19-3)12(2)17-14-6-4-5-7-15(14)18/h8-10,12,14-15,17-18H,4-7H2,1-3H3. The highest BCUT2D eigenvalue weighted by atomic mass is 16.5. The largest absolute Gasteiger partial charge is 0.496 e. The van der Waals surface area contributed by atoms with Gasteiger partial charge in [0.1, 0.15) is 5.75 Å². The molecule has 0 heterocycles. The van der Waals surface area contributed by atoms with Gasteiger partial charge in [0.15, 0.2) is 0 Å². The average Bonchev–Trinajstić information content (AvgIpc) is 2.41. The zero-order chi connectivity index (χ0) is 13.8. The van der Waals surface area contributed by atoms with E-state index >= 15 is 0 Å². The van der Waals surface area contributed by atoms with Gasteiger partial charge in [-0.2, -0.15) is 0 Å². The molecule has 106 valence electrons. The third kappa shape index (κ3) is 3.48. The molecular formula is C16H25NO2. The second kappa shape index (κ2) is 6.40. The summed E-state index contributed by atoms with van der Waals surface area (Å²) in [5.74, 6) is 0.922. The number of aliphatic hydroxyl groups excluding tert-OH is 1. The van der Waals surface area contributed by atoms with Gasteiger partial charge in [-0.25, -0.2) is 0 Å². The number of hydrogen-bond donors (Lipinski definition) is 2. The predicted octanol–water partition coefficient (Wildman–Crippen LogP) is 2.96. The van der Waals surface area contributed by atoms with Gasteiger partial charge in [0.2, 0.25) is 0 Å². The first-order valence-electron chi connectivity index (χ1n) is 7.20. The maximum atomic E-state index is 10.0. The van der Waals surface area contributed by atoms with Crippen molar-refractivity contribution >= 4 is 0 Å². The van der Waals surface area contributed by atoms with E-state index in [1.165, 1.54) is 12.0 Å². The van der Waals surface area contributed by atoms with Crippen molar-refractivity contribution in [2.24, 2.45) is 0 Å². The van der Waals surface area contributed by atoms with Crippen LogP contribution in [0.2, 0.25) is 0 Å². The molecule has 2 rings (SSSR count). The highest BCUT2D eigenvalue weighted by Crippen LogP contribution is 2.28. The summed E-state index contributed by atoms with van der Waals surface area (Å²) in [5, 5.41) is 13.6. The second-order valence-electron chi connectivity index (χ2n) is 5.59. The fourth-order valence-corrected chi connectivity index (χ4v) is 2.89. The van der Waals surface area contributed by atoms with Gasteiger partial charge in [-0.3, -0.25) is 0 Å². The molecule has 1 fully saturated rings. The molecule has 1 aromatic rings. The summed E-state index contributed by atoms with van der Waals surface area (Å²) in [4.78, 5) is 0. The first-order valence-corrected chi connectivity index (χ1v) is 7.20. The number of hydrogen-bond acceptors (Lipinski definition) is 3. The topological polar surface area (TPSA) is 41.5 Å². The van der Waals surface area contributed by atoms with Crippen molar-refractivity contribution in [2.45, 2.75) is 57.7 Å². The number of methoxy groups -OCH3 is 1. The quantitative estimate of drug-likeness (QED) is 0.877. The molecule has 1 aromatic carbocycles. The lowest BCUT2D eigenvalue weighted by molar-refractivity contribution is 0.0858. The Balaban J connectivity index is 2.08. The normalized spacial score (nSPS) is 25.1. The molecular weight excluding hydrogens is 238 g/mol. The monoisotopic (exact) mass is 263 g/mol. The molecule has 0 amide bonds. The van der Waals surface area contributed by atoms with Gasteiger partial charge in [-0.15, -0.1) is 0 Å². The Hall–Kier alpha value is -1.06. The zero-order valence-electron chi connectivity index (χ0n) is 12.1. The average molecular weight is 263 g/mol. The van der Waals surface area contributed by atoms with Crippen molar-refractivity contribution < 1.29 is 9.84 Å². The fourth-order valence-electron chi connectivity index (χ4n) is 2.89. The smallest absolute Gasteiger partial charge is 0.123 e. The molecule has 0 aromatic heterocycles. The maximum Gasteiger partial charge on any atom is 0.123 e. The Bertz CT molecular complexity index is 419. The SMILES string of the molecule is COc1cc(C)ccc1C(C)NC1CCCCC1O. The van der Waals surface area contributed by atoms with Gasteiger partial charge in [0.25, 0.3) is 0 Å². The van der Waals surface area contributed by atoms with E-state index in [2.05, 4.69) is 37.4 Å². The summed E-state index contributed by atoms with van der Waals surface area (Å²) in [6.45, 7) is 4.20. The van der Waals surface area contributed by atoms with Crippen molar-refractivity contribution in [3.8, 4) is 5.75 Å². The highest BCUT2D eigenvalue weighted by molar-refractivity contribution is 5.39.